The topological polar surface area (TPSA) is 74.1 Å². The average Bonchev–Trinajstić information content (AvgIpc) is 3.06. The number of fused-ring (bicyclic) bond motifs is 1. The predicted molar refractivity (Wildman–Crippen MR) is 89.1 cm³/mol. The van der Waals surface area contributed by atoms with E-state index in [2.05, 4.69) is 29.6 Å². The molecule has 2 heterocycles. The minimum atomic E-state index is -0.469. The number of aryl methyl sites for hydroxylation is 1. The van der Waals surface area contributed by atoms with Gasteiger partial charge in [0.15, 0.2) is 5.69 Å². The van der Waals surface area contributed by atoms with Crippen molar-refractivity contribution >= 4 is 28.7 Å². The molecular weight excluding hydrogens is 294 g/mol. The van der Waals surface area contributed by atoms with Crippen molar-refractivity contribution in [3.8, 4) is 0 Å². The van der Waals surface area contributed by atoms with Crippen molar-refractivity contribution < 1.29 is 9.45 Å². The molecule has 0 aliphatic rings. The van der Waals surface area contributed by atoms with Crippen LogP contribution in [0.25, 0.3) is 23.1 Å². The molecule has 0 aliphatic carbocycles. The van der Waals surface area contributed by atoms with E-state index in [1.54, 1.807) is 13.0 Å². The molecule has 0 amide bonds. The Morgan fingerprint density at radius 2 is 2.04 bits per heavy atom. The van der Waals surface area contributed by atoms with Gasteiger partial charge in [-0.3, -0.25) is 10.1 Å². The summed E-state index contributed by atoms with van der Waals surface area (Å²) in [5, 5.41) is 15.9. The number of hydrogen-bond acceptors (Lipinski definition) is 4. The molecular formula is C17H17N3O3. The van der Waals surface area contributed by atoms with Gasteiger partial charge in [0, 0.05) is 28.7 Å². The van der Waals surface area contributed by atoms with Gasteiger partial charge >= 0.3 is 5.69 Å². The molecule has 0 saturated heterocycles. The molecule has 3 aromatic rings. The van der Waals surface area contributed by atoms with Crippen molar-refractivity contribution in [3.63, 3.8) is 0 Å². The van der Waals surface area contributed by atoms with Gasteiger partial charge in [0.05, 0.1) is 4.92 Å². The summed E-state index contributed by atoms with van der Waals surface area (Å²) in [7, 11) is 0. The molecule has 0 saturated carbocycles. The quantitative estimate of drug-likeness (QED) is 0.521. The van der Waals surface area contributed by atoms with Crippen LogP contribution in [0.4, 0.5) is 5.69 Å². The van der Waals surface area contributed by atoms with Gasteiger partial charge in [-0.1, -0.05) is 23.4 Å². The van der Waals surface area contributed by atoms with Crippen molar-refractivity contribution in [2.24, 2.45) is 0 Å². The van der Waals surface area contributed by atoms with Crippen LogP contribution in [0.15, 0.2) is 35.0 Å². The fourth-order valence-corrected chi connectivity index (χ4v) is 2.67. The zero-order chi connectivity index (χ0) is 16.6. The molecule has 3 rings (SSSR count). The molecule has 0 aliphatic heterocycles. The summed E-state index contributed by atoms with van der Waals surface area (Å²) in [5.41, 5.74) is 2.30. The maximum atomic E-state index is 11.1. The van der Waals surface area contributed by atoms with Crippen LogP contribution in [0, 0.1) is 17.0 Å². The highest BCUT2D eigenvalue weighted by Gasteiger charge is 2.22. The van der Waals surface area contributed by atoms with Gasteiger partial charge in [0.2, 0.25) is 5.76 Å². The lowest BCUT2D eigenvalue weighted by molar-refractivity contribution is -0.386. The van der Waals surface area contributed by atoms with Crippen LogP contribution in [-0.4, -0.2) is 14.6 Å². The Kier molecular flexibility index (Phi) is 3.73. The molecule has 1 aromatic carbocycles. The molecule has 0 spiro atoms. The minimum Gasteiger partial charge on any atom is -0.349 e. The molecule has 2 aromatic heterocycles. The van der Waals surface area contributed by atoms with E-state index in [4.69, 9.17) is 4.52 Å². The van der Waals surface area contributed by atoms with E-state index in [0.717, 1.165) is 16.5 Å². The van der Waals surface area contributed by atoms with Crippen LogP contribution in [-0.2, 0) is 0 Å². The van der Waals surface area contributed by atoms with Crippen molar-refractivity contribution in [1.82, 2.24) is 9.72 Å². The van der Waals surface area contributed by atoms with Gasteiger partial charge < -0.3 is 9.09 Å². The molecule has 0 bridgehead atoms. The van der Waals surface area contributed by atoms with Gasteiger partial charge in [-0.15, -0.1) is 0 Å². The van der Waals surface area contributed by atoms with Gasteiger partial charge in [0.1, 0.15) is 0 Å². The highest BCUT2D eigenvalue weighted by Crippen LogP contribution is 2.28. The molecule has 0 N–H and O–H groups in total. The van der Waals surface area contributed by atoms with E-state index < -0.39 is 4.92 Å². The van der Waals surface area contributed by atoms with Crippen LogP contribution in [0.5, 0.6) is 0 Å². The molecule has 0 atom stereocenters. The van der Waals surface area contributed by atoms with Gasteiger partial charge in [-0.25, -0.2) is 0 Å². The van der Waals surface area contributed by atoms with E-state index >= 15 is 0 Å². The molecule has 0 unspecified atom stereocenters. The van der Waals surface area contributed by atoms with Gasteiger partial charge in [0.25, 0.3) is 0 Å². The molecule has 118 valence electrons. The summed E-state index contributed by atoms with van der Waals surface area (Å²) in [6.45, 7) is 5.79. The minimum absolute atomic E-state index is 0.0890. The van der Waals surface area contributed by atoms with Crippen LogP contribution >= 0.6 is 0 Å². The molecule has 23 heavy (non-hydrogen) atoms. The Bertz CT molecular complexity index is 903. The lowest BCUT2D eigenvalue weighted by atomic mass is 10.1. The predicted octanol–water partition coefficient (Wildman–Crippen LogP) is 4.60. The van der Waals surface area contributed by atoms with Crippen molar-refractivity contribution in [3.05, 3.63) is 57.6 Å². The second kappa shape index (κ2) is 5.72. The summed E-state index contributed by atoms with van der Waals surface area (Å²) in [6.07, 6.45) is 5.47. The van der Waals surface area contributed by atoms with E-state index in [-0.39, 0.29) is 17.1 Å². The third kappa shape index (κ3) is 2.63. The van der Waals surface area contributed by atoms with Crippen LogP contribution < -0.4 is 0 Å². The van der Waals surface area contributed by atoms with Crippen LogP contribution in [0.3, 0.4) is 0 Å². The van der Waals surface area contributed by atoms with E-state index in [1.165, 1.54) is 0 Å². The number of benzene rings is 1. The Balaban J connectivity index is 2.07. The smallest absolute Gasteiger partial charge is 0.338 e. The number of hydrogen-bond donors (Lipinski definition) is 0. The summed E-state index contributed by atoms with van der Waals surface area (Å²) in [4.78, 5) is 10.6. The second-order valence-corrected chi connectivity index (χ2v) is 5.67. The van der Waals surface area contributed by atoms with Crippen molar-refractivity contribution in [1.29, 1.82) is 0 Å². The average molecular weight is 311 g/mol. The molecule has 0 radical (unpaired) electrons. The standard InChI is InChI=1S/C17H17N3O3/c1-11(2)19-10-13(14-6-4-5-7-15(14)19)8-9-16-17(20(21)22)12(3)18-23-16/h4-11H,1-3H3/b9-8-. The first-order chi connectivity index (χ1) is 11.0. The third-order valence-electron chi connectivity index (χ3n) is 3.78. The number of aromatic nitrogens is 2. The summed E-state index contributed by atoms with van der Waals surface area (Å²) in [5.74, 6) is 0.161. The number of nitro groups is 1. The Morgan fingerprint density at radius 3 is 2.74 bits per heavy atom. The SMILES string of the molecule is Cc1noc(/C=C\c2cn(C(C)C)c3ccccc23)c1[N+](=O)[O-]. The van der Waals surface area contributed by atoms with Gasteiger partial charge in [-0.2, -0.15) is 0 Å². The first kappa shape index (κ1) is 15.0. The monoisotopic (exact) mass is 311 g/mol. The van der Waals surface area contributed by atoms with Crippen molar-refractivity contribution in [2.75, 3.05) is 0 Å². The van der Waals surface area contributed by atoms with E-state index in [9.17, 15) is 10.1 Å². The number of rotatable bonds is 4. The van der Waals surface area contributed by atoms with E-state index in [0.29, 0.717) is 6.04 Å². The summed E-state index contributed by atoms with van der Waals surface area (Å²) < 4.78 is 7.24. The first-order valence-electron chi connectivity index (χ1n) is 7.37. The highest BCUT2D eigenvalue weighted by atomic mass is 16.6. The Hall–Kier alpha value is -2.89. The summed E-state index contributed by atoms with van der Waals surface area (Å²) in [6, 6.07) is 8.40. The third-order valence-corrected chi connectivity index (χ3v) is 3.78. The van der Waals surface area contributed by atoms with E-state index in [1.807, 2.05) is 30.5 Å². The molecule has 6 heteroatoms. The largest absolute Gasteiger partial charge is 0.349 e. The Morgan fingerprint density at radius 1 is 1.30 bits per heavy atom. The number of nitrogens with zero attached hydrogens (tertiary/aromatic N) is 3. The fraction of sp³-hybridized carbons (Fsp3) is 0.235. The molecule has 0 fully saturated rings. The zero-order valence-electron chi connectivity index (χ0n) is 13.2. The summed E-state index contributed by atoms with van der Waals surface area (Å²) >= 11 is 0. The Labute approximate surface area is 133 Å². The van der Waals surface area contributed by atoms with Crippen LogP contribution in [0.1, 0.15) is 36.9 Å². The lowest BCUT2D eigenvalue weighted by Gasteiger charge is -2.08. The molecule has 6 nitrogen and oxygen atoms in total. The normalized spacial score (nSPS) is 11.8. The maximum absolute atomic E-state index is 11.1. The van der Waals surface area contributed by atoms with Crippen molar-refractivity contribution in [2.45, 2.75) is 26.8 Å². The lowest BCUT2D eigenvalue weighted by Crippen LogP contribution is -1.97. The second-order valence-electron chi connectivity index (χ2n) is 5.67. The zero-order valence-corrected chi connectivity index (χ0v) is 13.2. The van der Waals surface area contributed by atoms with Gasteiger partial charge in [-0.05, 0) is 39.0 Å². The maximum Gasteiger partial charge on any atom is 0.338 e. The number of para-hydroxylation sites is 1. The first-order valence-corrected chi connectivity index (χ1v) is 7.37. The highest BCUT2D eigenvalue weighted by molar-refractivity contribution is 5.92. The van der Waals surface area contributed by atoms with Crippen LogP contribution in [0.2, 0.25) is 0 Å². The fourth-order valence-electron chi connectivity index (χ4n) is 2.67.